The van der Waals surface area contributed by atoms with E-state index in [0.717, 1.165) is 18.2 Å². The van der Waals surface area contributed by atoms with Crippen LogP contribution in [-0.4, -0.2) is 33.3 Å². The summed E-state index contributed by atoms with van der Waals surface area (Å²) in [7, 11) is 0. The first kappa shape index (κ1) is 15.7. The molecule has 0 amide bonds. The Morgan fingerprint density at radius 1 is 0.762 bits per heavy atom. The first-order valence-electron chi connectivity index (χ1n) is 5.28. The van der Waals surface area contributed by atoms with Gasteiger partial charge in [0.2, 0.25) is 0 Å². The summed E-state index contributed by atoms with van der Waals surface area (Å²) < 4.78 is 14.2. The van der Waals surface area contributed by atoms with Crippen LogP contribution in [0.15, 0.2) is 38.0 Å². The molecule has 0 fully saturated rings. The van der Waals surface area contributed by atoms with Gasteiger partial charge in [0.1, 0.15) is 0 Å². The third-order valence-electron chi connectivity index (χ3n) is 1.76. The zero-order chi connectivity index (χ0) is 15.8. The highest BCUT2D eigenvalue weighted by atomic mass is 16.6. The van der Waals surface area contributed by atoms with Gasteiger partial charge in [0.15, 0.2) is 0 Å². The number of ether oxygens (including phenoxy) is 3. The lowest BCUT2D eigenvalue weighted by molar-refractivity contribution is -0.133. The van der Waals surface area contributed by atoms with Gasteiger partial charge < -0.3 is 14.2 Å². The highest BCUT2D eigenvalue weighted by Crippen LogP contribution is 2.33. The summed E-state index contributed by atoms with van der Waals surface area (Å²) in [6, 6.07) is 0. The van der Waals surface area contributed by atoms with E-state index in [2.05, 4.69) is 35.1 Å². The van der Waals surface area contributed by atoms with Crippen molar-refractivity contribution < 1.29 is 28.6 Å². The van der Waals surface area contributed by atoms with Crippen molar-refractivity contribution in [1.82, 2.24) is 15.4 Å². The van der Waals surface area contributed by atoms with Crippen LogP contribution >= 0.6 is 0 Å². The van der Waals surface area contributed by atoms with Crippen LogP contribution in [0.4, 0.5) is 0 Å². The number of rotatable bonds is 6. The number of nitrogens with zero attached hydrogens (tertiary/aromatic N) is 3. The molecule has 9 nitrogen and oxygen atoms in total. The predicted molar refractivity (Wildman–Crippen MR) is 67.3 cm³/mol. The minimum atomic E-state index is -0.920. The van der Waals surface area contributed by atoms with E-state index in [0.29, 0.717) is 0 Å². The maximum atomic E-state index is 11.3. The molecule has 0 saturated heterocycles. The van der Waals surface area contributed by atoms with Gasteiger partial charge in [-0.25, -0.2) is 14.4 Å². The molecule has 0 aliphatic carbocycles. The van der Waals surface area contributed by atoms with E-state index in [1.54, 1.807) is 0 Å². The summed E-state index contributed by atoms with van der Waals surface area (Å²) in [5.41, 5.74) is 0. The van der Waals surface area contributed by atoms with E-state index in [-0.39, 0.29) is 0 Å². The summed E-state index contributed by atoms with van der Waals surface area (Å²) in [6.45, 7) is 9.56. The van der Waals surface area contributed by atoms with Crippen molar-refractivity contribution in [2.24, 2.45) is 0 Å². The average Bonchev–Trinajstić information content (AvgIpc) is 2.49. The summed E-state index contributed by atoms with van der Waals surface area (Å²) in [4.78, 5) is 33.6. The second-order valence-corrected chi connectivity index (χ2v) is 3.10. The van der Waals surface area contributed by atoms with Crippen molar-refractivity contribution in [3.05, 3.63) is 38.0 Å². The number of carbonyl (C=O) groups is 3. The molecule has 0 aliphatic heterocycles. The lowest BCUT2D eigenvalue weighted by atomic mass is 10.5. The van der Waals surface area contributed by atoms with Gasteiger partial charge in [-0.2, -0.15) is 0 Å². The molecule has 0 saturated carbocycles. The van der Waals surface area contributed by atoms with Crippen molar-refractivity contribution in [2.75, 3.05) is 0 Å². The zero-order valence-corrected chi connectivity index (χ0v) is 10.6. The van der Waals surface area contributed by atoms with E-state index in [9.17, 15) is 14.4 Å². The van der Waals surface area contributed by atoms with Gasteiger partial charge in [-0.3, -0.25) is 0 Å². The van der Waals surface area contributed by atoms with Gasteiger partial charge in [0, 0.05) is 18.2 Å². The number of hydrogen-bond acceptors (Lipinski definition) is 9. The highest BCUT2D eigenvalue weighted by molar-refractivity contribution is 5.87. The molecule has 1 aromatic rings. The van der Waals surface area contributed by atoms with E-state index < -0.39 is 35.4 Å². The molecule has 1 heterocycles. The summed E-state index contributed by atoms with van der Waals surface area (Å²) >= 11 is 0. The molecule has 0 atom stereocenters. The van der Waals surface area contributed by atoms with Crippen molar-refractivity contribution >= 4 is 17.9 Å². The first-order chi connectivity index (χ1) is 10.0. The van der Waals surface area contributed by atoms with Crippen LogP contribution in [0, 0.1) is 0 Å². The minimum absolute atomic E-state index is 0.514. The van der Waals surface area contributed by atoms with Gasteiger partial charge in [-0.15, -0.1) is 0 Å². The second kappa shape index (κ2) is 7.28. The molecule has 0 unspecified atom stereocenters. The second-order valence-electron chi connectivity index (χ2n) is 3.10. The molecule has 0 spiro atoms. The van der Waals surface area contributed by atoms with Gasteiger partial charge in [-0.1, -0.05) is 29.9 Å². The Kier molecular flexibility index (Phi) is 5.44. The van der Waals surface area contributed by atoms with Crippen molar-refractivity contribution in [3.63, 3.8) is 0 Å². The largest absolute Gasteiger partial charge is 0.412 e. The zero-order valence-electron chi connectivity index (χ0n) is 10.6. The lowest BCUT2D eigenvalue weighted by Gasteiger charge is -2.09. The van der Waals surface area contributed by atoms with Crippen LogP contribution in [0.5, 0.6) is 17.5 Å². The number of hydrogen-bond donors (Lipinski definition) is 0. The fourth-order valence-corrected chi connectivity index (χ4v) is 0.923. The Morgan fingerprint density at radius 3 is 1.52 bits per heavy atom. The van der Waals surface area contributed by atoms with Crippen molar-refractivity contribution in [3.8, 4) is 17.5 Å². The average molecular weight is 291 g/mol. The third-order valence-corrected chi connectivity index (χ3v) is 1.76. The van der Waals surface area contributed by atoms with Crippen molar-refractivity contribution in [2.45, 2.75) is 0 Å². The Balaban J connectivity index is 3.24. The van der Waals surface area contributed by atoms with E-state index >= 15 is 0 Å². The molecule has 0 aliphatic rings. The monoisotopic (exact) mass is 291 g/mol. The van der Waals surface area contributed by atoms with E-state index in [4.69, 9.17) is 14.2 Å². The maximum absolute atomic E-state index is 11.3. The van der Waals surface area contributed by atoms with E-state index in [1.165, 1.54) is 0 Å². The summed E-state index contributed by atoms with van der Waals surface area (Å²) in [6.07, 6.45) is 2.52. The van der Waals surface area contributed by atoms with Crippen LogP contribution in [-0.2, 0) is 14.4 Å². The lowest BCUT2D eigenvalue weighted by Crippen LogP contribution is -2.14. The van der Waals surface area contributed by atoms with Gasteiger partial charge in [0.05, 0.1) is 0 Å². The normalized spacial score (nSPS) is 9.14. The summed E-state index contributed by atoms with van der Waals surface area (Å²) in [5.74, 6) is -4.29. The molecule has 0 N–H and O–H groups in total. The van der Waals surface area contributed by atoms with E-state index in [1.807, 2.05) is 0 Å². The molecule has 0 radical (unpaired) electrons. The third kappa shape index (κ3) is 4.35. The number of aromatic nitrogens is 3. The molecule has 108 valence electrons. The Labute approximate surface area is 118 Å². The molecule has 1 aromatic heterocycles. The highest BCUT2D eigenvalue weighted by Gasteiger charge is 2.22. The molecule has 1 rings (SSSR count). The topological polar surface area (TPSA) is 118 Å². The number of esters is 3. The van der Waals surface area contributed by atoms with Crippen LogP contribution in [0.2, 0.25) is 0 Å². The molecule has 21 heavy (non-hydrogen) atoms. The first-order valence-corrected chi connectivity index (χ1v) is 5.28. The Hall–Kier alpha value is -3.36. The van der Waals surface area contributed by atoms with Gasteiger partial charge in [0.25, 0.3) is 17.5 Å². The fraction of sp³-hybridized carbons (Fsp3) is 0. The smallest absolute Gasteiger partial charge is 0.337 e. The molecular weight excluding hydrogens is 282 g/mol. The molecule has 0 aromatic carbocycles. The van der Waals surface area contributed by atoms with Gasteiger partial charge >= 0.3 is 17.9 Å². The minimum Gasteiger partial charge on any atom is -0.412 e. The van der Waals surface area contributed by atoms with Crippen LogP contribution < -0.4 is 14.2 Å². The Bertz CT molecular complexity index is 585. The van der Waals surface area contributed by atoms with Crippen LogP contribution in [0.1, 0.15) is 0 Å². The SMILES string of the molecule is C=CC(=O)Oc1nnnc(OC(=O)C=C)c1OC(=O)C=C. The molecular formula is C12H9N3O6. The van der Waals surface area contributed by atoms with Crippen molar-refractivity contribution in [1.29, 1.82) is 0 Å². The number of carbonyl (C=O) groups excluding carboxylic acids is 3. The quantitative estimate of drug-likeness (QED) is 0.532. The van der Waals surface area contributed by atoms with Crippen LogP contribution in [0.25, 0.3) is 0 Å². The molecule has 0 bridgehead atoms. The van der Waals surface area contributed by atoms with Crippen LogP contribution in [0.3, 0.4) is 0 Å². The molecule has 9 heteroatoms. The summed E-state index contributed by atoms with van der Waals surface area (Å²) in [5, 5.41) is 9.95. The predicted octanol–water partition coefficient (Wildman–Crippen LogP) is 0.146. The Morgan fingerprint density at radius 2 is 1.14 bits per heavy atom. The maximum Gasteiger partial charge on any atom is 0.337 e. The van der Waals surface area contributed by atoms with Gasteiger partial charge in [-0.05, 0) is 5.21 Å². The standard InChI is InChI=1S/C12H9N3O6/c1-4-7(16)19-10-11(20-8(17)5-2)13-15-14-12(10)21-9(18)6-3/h4-6H,1-3H2. The fourth-order valence-electron chi connectivity index (χ4n) is 0.923.